The standard InChI is InChI=1S/C10H13NO/c1-10(7-12-8-11-10)9-5-3-2-4-6-9/h2-6,11H,7-8H2,1H3. The summed E-state index contributed by atoms with van der Waals surface area (Å²) in [6.45, 7) is 3.58. The van der Waals surface area contributed by atoms with E-state index in [1.807, 2.05) is 6.07 Å². The molecule has 0 saturated carbocycles. The molecule has 1 atom stereocenters. The van der Waals surface area contributed by atoms with Crippen LogP contribution < -0.4 is 5.32 Å². The van der Waals surface area contributed by atoms with Gasteiger partial charge in [0.1, 0.15) is 0 Å². The molecule has 0 aromatic heterocycles. The normalized spacial score (nSPS) is 29.1. The van der Waals surface area contributed by atoms with Crippen LogP contribution in [0.4, 0.5) is 0 Å². The number of ether oxygens (including phenoxy) is 1. The smallest absolute Gasteiger partial charge is 0.0973 e. The first-order valence-corrected chi connectivity index (χ1v) is 4.20. The SMILES string of the molecule is CC1(c2ccccc2)COCN1. The van der Waals surface area contributed by atoms with E-state index >= 15 is 0 Å². The maximum Gasteiger partial charge on any atom is 0.0973 e. The Morgan fingerprint density at radius 1 is 1.33 bits per heavy atom. The second-order valence-corrected chi connectivity index (χ2v) is 3.37. The Balaban J connectivity index is 2.29. The fourth-order valence-corrected chi connectivity index (χ4v) is 1.51. The molecule has 1 aromatic rings. The summed E-state index contributed by atoms with van der Waals surface area (Å²) < 4.78 is 5.30. The highest BCUT2D eigenvalue weighted by atomic mass is 16.5. The summed E-state index contributed by atoms with van der Waals surface area (Å²) in [7, 11) is 0. The Kier molecular flexibility index (Phi) is 1.87. The third kappa shape index (κ3) is 1.24. The van der Waals surface area contributed by atoms with Crippen molar-refractivity contribution in [2.24, 2.45) is 0 Å². The minimum atomic E-state index is 0.0151. The summed E-state index contributed by atoms with van der Waals surface area (Å²) in [5.41, 5.74) is 1.31. The van der Waals surface area contributed by atoms with E-state index < -0.39 is 0 Å². The van der Waals surface area contributed by atoms with Crippen molar-refractivity contribution in [2.75, 3.05) is 13.3 Å². The zero-order valence-corrected chi connectivity index (χ0v) is 7.21. The molecular formula is C10H13NO. The van der Waals surface area contributed by atoms with Crippen LogP contribution in [-0.4, -0.2) is 13.3 Å². The van der Waals surface area contributed by atoms with Gasteiger partial charge in [0.05, 0.1) is 18.9 Å². The molecule has 0 bridgehead atoms. The molecule has 64 valence electrons. The van der Waals surface area contributed by atoms with Crippen molar-refractivity contribution < 1.29 is 4.74 Å². The summed E-state index contributed by atoms with van der Waals surface area (Å²) >= 11 is 0. The van der Waals surface area contributed by atoms with Crippen LogP contribution in [0.2, 0.25) is 0 Å². The zero-order chi connectivity index (χ0) is 8.44. The first kappa shape index (κ1) is 7.77. The first-order valence-electron chi connectivity index (χ1n) is 4.20. The molecule has 1 aliphatic heterocycles. The molecule has 2 heteroatoms. The molecule has 0 aliphatic carbocycles. The summed E-state index contributed by atoms with van der Waals surface area (Å²) in [6, 6.07) is 10.4. The fraction of sp³-hybridized carbons (Fsp3) is 0.400. The minimum Gasteiger partial charge on any atom is -0.364 e. The topological polar surface area (TPSA) is 21.3 Å². The number of benzene rings is 1. The molecule has 12 heavy (non-hydrogen) atoms. The van der Waals surface area contributed by atoms with Crippen molar-refractivity contribution in [3.05, 3.63) is 35.9 Å². The highest BCUT2D eigenvalue weighted by molar-refractivity contribution is 5.24. The van der Waals surface area contributed by atoms with Crippen molar-refractivity contribution in [3.63, 3.8) is 0 Å². The van der Waals surface area contributed by atoms with Crippen molar-refractivity contribution >= 4 is 0 Å². The van der Waals surface area contributed by atoms with Gasteiger partial charge in [-0.15, -0.1) is 0 Å². The monoisotopic (exact) mass is 163 g/mol. The third-order valence-electron chi connectivity index (χ3n) is 2.37. The van der Waals surface area contributed by atoms with Gasteiger partial charge >= 0.3 is 0 Å². The Bertz CT molecular complexity index is 252. The van der Waals surface area contributed by atoms with Crippen LogP contribution in [0.25, 0.3) is 0 Å². The van der Waals surface area contributed by atoms with Crippen molar-refractivity contribution in [1.82, 2.24) is 5.32 Å². The van der Waals surface area contributed by atoms with Crippen LogP contribution in [0.3, 0.4) is 0 Å². The number of hydrogen-bond donors (Lipinski definition) is 1. The lowest BCUT2D eigenvalue weighted by molar-refractivity contribution is 0.179. The van der Waals surface area contributed by atoms with Gasteiger partial charge in [-0.3, -0.25) is 5.32 Å². The Morgan fingerprint density at radius 3 is 2.67 bits per heavy atom. The van der Waals surface area contributed by atoms with Crippen LogP contribution in [0, 0.1) is 0 Å². The first-order chi connectivity index (χ1) is 5.81. The third-order valence-corrected chi connectivity index (χ3v) is 2.37. The highest BCUT2D eigenvalue weighted by Gasteiger charge is 2.30. The maximum absolute atomic E-state index is 5.30. The molecule has 1 aromatic carbocycles. The van der Waals surface area contributed by atoms with Crippen LogP contribution in [-0.2, 0) is 10.3 Å². The Morgan fingerprint density at radius 2 is 2.08 bits per heavy atom. The Hall–Kier alpha value is -0.860. The summed E-state index contributed by atoms with van der Waals surface area (Å²) in [4.78, 5) is 0. The largest absolute Gasteiger partial charge is 0.364 e. The van der Waals surface area contributed by atoms with Crippen molar-refractivity contribution in [3.8, 4) is 0 Å². The van der Waals surface area contributed by atoms with Gasteiger partial charge in [-0.2, -0.15) is 0 Å². The van der Waals surface area contributed by atoms with Gasteiger partial charge in [-0.05, 0) is 12.5 Å². The predicted octanol–water partition coefficient (Wildman–Crippen LogP) is 1.48. The minimum absolute atomic E-state index is 0.0151. The van der Waals surface area contributed by atoms with E-state index in [2.05, 4.69) is 36.5 Å². The molecule has 2 nitrogen and oxygen atoms in total. The quantitative estimate of drug-likeness (QED) is 0.677. The van der Waals surface area contributed by atoms with Crippen molar-refractivity contribution in [2.45, 2.75) is 12.5 Å². The van der Waals surface area contributed by atoms with E-state index in [-0.39, 0.29) is 5.54 Å². The second kappa shape index (κ2) is 2.88. The maximum atomic E-state index is 5.30. The van der Waals surface area contributed by atoms with E-state index in [4.69, 9.17) is 4.74 Å². The number of rotatable bonds is 1. The summed E-state index contributed by atoms with van der Waals surface area (Å²) in [6.07, 6.45) is 0. The zero-order valence-electron chi connectivity index (χ0n) is 7.21. The van der Waals surface area contributed by atoms with Gasteiger partial charge in [-0.25, -0.2) is 0 Å². The van der Waals surface area contributed by atoms with E-state index in [1.165, 1.54) is 5.56 Å². The molecule has 1 unspecified atom stereocenters. The van der Waals surface area contributed by atoms with E-state index in [9.17, 15) is 0 Å². The average Bonchev–Trinajstić information content (AvgIpc) is 2.55. The van der Waals surface area contributed by atoms with Gasteiger partial charge in [0.25, 0.3) is 0 Å². The average molecular weight is 163 g/mol. The van der Waals surface area contributed by atoms with Gasteiger partial charge < -0.3 is 4.74 Å². The molecule has 0 radical (unpaired) electrons. The molecule has 0 amide bonds. The molecule has 1 saturated heterocycles. The van der Waals surface area contributed by atoms with Crippen LogP contribution >= 0.6 is 0 Å². The second-order valence-electron chi connectivity index (χ2n) is 3.37. The van der Waals surface area contributed by atoms with E-state index in [0.29, 0.717) is 6.73 Å². The van der Waals surface area contributed by atoms with Gasteiger partial charge in [0.15, 0.2) is 0 Å². The van der Waals surface area contributed by atoms with Gasteiger partial charge in [0, 0.05) is 0 Å². The molecule has 1 fully saturated rings. The molecular weight excluding hydrogens is 150 g/mol. The number of nitrogens with one attached hydrogen (secondary N) is 1. The molecule has 0 spiro atoms. The van der Waals surface area contributed by atoms with Crippen LogP contribution in [0.1, 0.15) is 12.5 Å². The molecule has 2 rings (SSSR count). The van der Waals surface area contributed by atoms with Crippen molar-refractivity contribution in [1.29, 1.82) is 0 Å². The lowest BCUT2D eigenvalue weighted by Gasteiger charge is -2.22. The van der Waals surface area contributed by atoms with E-state index in [1.54, 1.807) is 0 Å². The molecule has 1 aliphatic rings. The van der Waals surface area contributed by atoms with Crippen LogP contribution in [0.15, 0.2) is 30.3 Å². The highest BCUT2D eigenvalue weighted by Crippen LogP contribution is 2.23. The Labute approximate surface area is 72.5 Å². The lowest BCUT2D eigenvalue weighted by Crippen LogP contribution is -2.35. The number of hydrogen-bond acceptors (Lipinski definition) is 2. The summed E-state index contributed by atoms with van der Waals surface area (Å²) in [5.74, 6) is 0. The predicted molar refractivity (Wildman–Crippen MR) is 47.7 cm³/mol. The van der Waals surface area contributed by atoms with Gasteiger partial charge in [0.2, 0.25) is 0 Å². The van der Waals surface area contributed by atoms with Gasteiger partial charge in [-0.1, -0.05) is 30.3 Å². The van der Waals surface area contributed by atoms with Crippen LogP contribution in [0.5, 0.6) is 0 Å². The van der Waals surface area contributed by atoms with E-state index in [0.717, 1.165) is 6.61 Å². The molecule has 1 heterocycles. The lowest BCUT2D eigenvalue weighted by atomic mass is 9.94. The fourth-order valence-electron chi connectivity index (χ4n) is 1.51. The summed E-state index contributed by atoms with van der Waals surface area (Å²) in [5, 5.41) is 3.33. The molecule has 1 N–H and O–H groups in total.